The van der Waals surface area contributed by atoms with E-state index in [1.54, 1.807) is 7.11 Å². The molecule has 0 aliphatic heterocycles. The topological polar surface area (TPSA) is 50.3 Å². The minimum absolute atomic E-state index is 0.690. The minimum Gasteiger partial charge on any atom is -0.383 e. The summed E-state index contributed by atoms with van der Waals surface area (Å²) in [5, 5.41) is 3.26. The third-order valence-electron chi connectivity index (χ3n) is 2.57. The molecule has 17 heavy (non-hydrogen) atoms. The number of nitrogens with zero attached hydrogens (tertiary/aromatic N) is 3. The Morgan fingerprint density at radius 3 is 2.59 bits per heavy atom. The Morgan fingerprint density at radius 2 is 2.00 bits per heavy atom. The molecule has 0 aromatic carbocycles. The number of ether oxygens (including phenoxy) is 1. The van der Waals surface area contributed by atoms with Crippen LogP contribution in [0.3, 0.4) is 0 Å². The lowest BCUT2D eigenvalue weighted by Gasteiger charge is -2.21. The van der Waals surface area contributed by atoms with Crippen molar-refractivity contribution < 1.29 is 4.74 Å². The van der Waals surface area contributed by atoms with E-state index in [0.29, 0.717) is 6.61 Å². The van der Waals surface area contributed by atoms with Crippen molar-refractivity contribution in [3.8, 4) is 0 Å². The number of aryl methyl sites for hydroxylation is 1. The number of methoxy groups -OCH3 is 1. The summed E-state index contributed by atoms with van der Waals surface area (Å²) in [5.74, 6) is 2.66. The molecular weight excluding hydrogens is 216 g/mol. The number of hydrogen-bond donors (Lipinski definition) is 1. The zero-order valence-corrected chi connectivity index (χ0v) is 11.4. The number of likely N-dealkylation sites (N-methyl/N-ethyl adjacent to an activating group) is 1. The van der Waals surface area contributed by atoms with Crippen LogP contribution in [0.1, 0.15) is 18.3 Å². The molecule has 0 aliphatic rings. The summed E-state index contributed by atoms with van der Waals surface area (Å²) >= 11 is 0. The summed E-state index contributed by atoms with van der Waals surface area (Å²) in [7, 11) is 3.72. The Kier molecular flexibility index (Phi) is 5.15. The highest BCUT2D eigenvalue weighted by Crippen LogP contribution is 2.22. The quantitative estimate of drug-likeness (QED) is 0.816. The molecule has 0 fully saturated rings. The fraction of sp³-hybridized carbons (Fsp3) is 0.667. The number of aromatic nitrogens is 2. The van der Waals surface area contributed by atoms with E-state index in [-0.39, 0.29) is 0 Å². The van der Waals surface area contributed by atoms with Gasteiger partial charge in [-0.05, 0) is 20.8 Å². The van der Waals surface area contributed by atoms with Crippen molar-refractivity contribution in [2.45, 2.75) is 20.8 Å². The molecule has 0 aliphatic carbocycles. The Bertz CT molecular complexity index is 368. The Balaban J connectivity index is 2.97. The van der Waals surface area contributed by atoms with Crippen LogP contribution in [0.15, 0.2) is 0 Å². The molecule has 1 aromatic rings. The minimum atomic E-state index is 0.690. The average molecular weight is 238 g/mol. The molecule has 0 spiro atoms. The molecule has 1 N–H and O–H groups in total. The summed E-state index contributed by atoms with van der Waals surface area (Å²) < 4.78 is 5.08. The summed E-state index contributed by atoms with van der Waals surface area (Å²) in [4.78, 5) is 11.0. The predicted octanol–water partition coefficient (Wildman–Crippen LogP) is 1.61. The third kappa shape index (κ3) is 3.56. The van der Waals surface area contributed by atoms with Crippen LogP contribution in [0, 0.1) is 13.8 Å². The maximum Gasteiger partial charge on any atom is 0.137 e. The summed E-state index contributed by atoms with van der Waals surface area (Å²) in [6.45, 7) is 8.38. The average Bonchev–Trinajstić information content (AvgIpc) is 2.30. The van der Waals surface area contributed by atoms with E-state index in [1.165, 1.54) is 0 Å². The molecule has 1 rings (SSSR count). The van der Waals surface area contributed by atoms with Crippen LogP contribution in [0.25, 0.3) is 0 Å². The van der Waals surface area contributed by atoms with Gasteiger partial charge in [0.25, 0.3) is 0 Å². The summed E-state index contributed by atoms with van der Waals surface area (Å²) in [6.07, 6.45) is 0. The number of hydrogen-bond acceptors (Lipinski definition) is 5. The van der Waals surface area contributed by atoms with Gasteiger partial charge in [-0.25, -0.2) is 9.97 Å². The van der Waals surface area contributed by atoms with Gasteiger partial charge in [-0.2, -0.15) is 0 Å². The van der Waals surface area contributed by atoms with Gasteiger partial charge < -0.3 is 15.0 Å². The fourth-order valence-corrected chi connectivity index (χ4v) is 1.66. The highest BCUT2D eigenvalue weighted by molar-refractivity contribution is 5.58. The lowest BCUT2D eigenvalue weighted by atomic mass is 10.3. The van der Waals surface area contributed by atoms with E-state index in [1.807, 2.05) is 20.9 Å². The SMILES string of the molecule is CCNc1nc(C)nc(N(C)CCOC)c1C. The highest BCUT2D eigenvalue weighted by Gasteiger charge is 2.12. The third-order valence-corrected chi connectivity index (χ3v) is 2.57. The van der Waals surface area contributed by atoms with E-state index >= 15 is 0 Å². The van der Waals surface area contributed by atoms with Crippen molar-refractivity contribution in [2.24, 2.45) is 0 Å². The summed E-state index contributed by atoms with van der Waals surface area (Å²) in [5.41, 5.74) is 1.08. The van der Waals surface area contributed by atoms with Crippen LogP contribution in [0.2, 0.25) is 0 Å². The Labute approximate surface area is 103 Å². The zero-order chi connectivity index (χ0) is 12.8. The molecule has 1 heterocycles. The largest absolute Gasteiger partial charge is 0.383 e. The maximum atomic E-state index is 5.08. The van der Waals surface area contributed by atoms with E-state index in [4.69, 9.17) is 4.74 Å². The Morgan fingerprint density at radius 1 is 1.29 bits per heavy atom. The predicted molar refractivity (Wildman–Crippen MR) is 70.8 cm³/mol. The van der Waals surface area contributed by atoms with E-state index in [9.17, 15) is 0 Å². The monoisotopic (exact) mass is 238 g/mol. The molecule has 96 valence electrons. The molecule has 0 radical (unpaired) electrons. The molecular formula is C12H22N4O. The summed E-state index contributed by atoms with van der Waals surface area (Å²) in [6, 6.07) is 0. The van der Waals surface area contributed by atoms with Crippen LogP contribution < -0.4 is 10.2 Å². The van der Waals surface area contributed by atoms with Crippen LogP contribution in [0.4, 0.5) is 11.6 Å². The maximum absolute atomic E-state index is 5.08. The van der Waals surface area contributed by atoms with E-state index in [2.05, 4.69) is 27.1 Å². The van der Waals surface area contributed by atoms with Gasteiger partial charge in [-0.3, -0.25) is 0 Å². The fourth-order valence-electron chi connectivity index (χ4n) is 1.66. The smallest absolute Gasteiger partial charge is 0.137 e. The van der Waals surface area contributed by atoms with E-state index < -0.39 is 0 Å². The van der Waals surface area contributed by atoms with Crippen LogP contribution in [-0.2, 0) is 4.74 Å². The van der Waals surface area contributed by atoms with Crippen LogP contribution in [-0.4, -0.2) is 43.8 Å². The number of anilines is 2. The Hall–Kier alpha value is -1.36. The molecule has 0 unspecified atom stereocenters. The second-order valence-electron chi connectivity index (χ2n) is 4.01. The normalized spacial score (nSPS) is 10.4. The van der Waals surface area contributed by atoms with E-state index in [0.717, 1.165) is 36.1 Å². The lowest BCUT2D eigenvalue weighted by molar-refractivity contribution is 0.206. The first-order valence-corrected chi connectivity index (χ1v) is 5.89. The van der Waals surface area contributed by atoms with Crippen molar-refractivity contribution >= 4 is 11.6 Å². The van der Waals surface area contributed by atoms with Crippen molar-refractivity contribution in [3.05, 3.63) is 11.4 Å². The first-order valence-electron chi connectivity index (χ1n) is 5.89. The first-order chi connectivity index (χ1) is 8.10. The van der Waals surface area contributed by atoms with Gasteiger partial charge >= 0.3 is 0 Å². The van der Waals surface area contributed by atoms with Crippen LogP contribution in [0.5, 0.6) is 0 Å². The standard InChI is InChI=1S/C12H22N4O/c1-6-13-11-9(2)12(15-10(3)14-11)16(4)7-8-17-5/h6-8H2,1-5H3,(H,13,14,15). The van der Waals surface area contributed by atoms with Gasteiger partial charge in [0.1, 0.15) is 17.5 Å². The van der Waals surface area contributed by atoms with Crippen molar-refractivity contribution in [2.75, 3.05) is 44.1 Å². The van der Waals surface area contributed by atoms with Gasteiger partial charge in [0.15, 0.2) is 0 Å². The number of nitrogens with one attached hydrogen (secondary N) is 1. The zero-order valence-electron chi connectivity index (χ0n) is 11.4. The second-order valence-corrected chi connectivity index (χ2v) is 4.01. The van der Waals surface area contributed by atoms with Gasteiger partial charge in [0.05, 0.1) is 6.61 Å². The molecule has 5 heteroatoms. The van der Waals surface area contributed by atoms with Gasteiger partial charge in [0, 0.05) is 32.8 Å². The molecule has 0 bridgehead atoms. The number of rotatable bonds is 6. The van der Waals surface area contributed by atoms with Crippen LogP contribution >= 0.6 is 0 Å². The second kappa shape index (κ2) is 6.39. The van der Waals surface area contributed by atoms with Gasteiger partial charge in [-0.15, -0.1) is 0 Å². The van der Waals surface area contributed by atoms with Gasteiger partial charge in [0.2, 0.25) is 0 Å². The van der Waals surface area contributed by atoms with Crippen molar-refractivity contribution in [3.63, 3.8) is 0 Å². The lowest BCUT2D eigenvalue weighted by Crippen LogP contribution is -2.25. The molecule has 0 saturated heterocycles. The highest BCUT2D eigenvalue weighted by atomic mass is 16.5. The molecule has 0 amide bonds. The molecule has 0 saturated carbocycles. The molecule has 0 atom stereocenters. The van der Waals surface area contributed by atoms with Crippen molar-refractivity contribution in [1.29, 1.82) is 0 Å². The molecule has 5 nitrogen and oxygen atoms in total. The van der Waals surface area contributed by atoms with Crippen molar-refractivity contribution in [1.82, 2.24) is 9.97 Å². The molecule has 1 aromatic heterocycles. The van der Waals surface area contributed by atoms with Gasteiger partial charge in [-0.1, -0.05) is 0 Å². The first kappa shape index (κ1) is 13.7.